The molecule has 0 saturated carbocycles. The van der Waals surface area contributed by atoms with Gasteiger partial charge in [0.25, 0.3) is 0 Å². The number of carbonyl (C=O) groups excluding carboxylic acids is 1. The van der Waals surface area contributed by atoms with Crippen molar-refractivity contribution in [2.24, 2.45) is 5.92 Å². The number of ether oxygens (including phenoxy) is 1. The molecule has 1 amide bonds. The summed E-state index contributed by atoms with van der Waals surface area (Å²) >= 11 is 0. The van der Waals surface area contributed by atoms with Gasteiger partial charge < -0.3 is 19.6 Å². The van der Waals surface area contributed by atoms with Crippen molar-refractivity contribution in [3.05, 3.63) is 59.7 Å². The second-order valence-electron chi connectivity index (χ2n) is 9.26. The first kappa shape index (κ1) is 24.1. The van der Waals surface area contributed by atoms with Crippen LogP contribution in [0.2, 0.25) is 0 Å². The van der Waals surface area contributed by atoms with Gasteiger partial charge in [0, 0.05) is 50.9 Å². The summed E-state index contributed by atoms with van der Waals surface area (Å²) in [6.45, 7) is 6.10. The van der Waals surface area contributed by atoms with Crippen LogP contribution in [0.4, 0.5) is 5.69 Å². The van der Waals surface area contributed by atoms with Crippen LogP contribution in [-0.2, 0) is 17.8 Å². The zero-order valence-electron chi connectivity index (χ0n) is 20.0. The lowest BCUT2D eigenvalue weighted by Gasteiger charge is -2.34. The summed E-state index contributed by atoms with van der Waals surface area (Å²) in [6.07, 6.45) is 0.174. The van der Waals surface area contributed by atoms with Crippen LogP contribution in [0.3, 0.4) is 0 Å². The van der Waals surface area contributed by atoms with Crippen molar-refractivity contribution in [1.82, 2.24) is 9.80 Å². The molecule has 2 aromatic carbocycles. The predicted molar refractivity (Wildman–Crippen MR) is 129 cm³/mol. The van der Waals surface area contributed by atoms with Gasteiger partial charge in [0.15, 0.2) is 0 Å². The van der Waals surface area contributed by atoms with E-state index in [2.05, 4.69) is 43.1 Å². The van der Waals surface area contributed by atoms with E-state index in [0.29, 0.717) is 6.54 Å². The maximum atomic E-state index is 13.2. The summed E-state index contributed by atoms with van der Waals surface area (Å²) in [5.74, 6) is 0.899. The Morgan fingerprint density at radius 1 is 1.16 bits per heavy atom. The fourth-order valence-corrected chi connectivity index (χ4v) is 4.18. The number of nitrogens with zero attached hydrogens (tertiary/aromatic N) is 3. The van der Waals surface area contributed by atoms with Gasteiger partial charge in [0.05, 0.1) is 19.1 Å². The van der Waals surface area contributed by atoms with Crippen LogP contribution in [0.25, 0.3) is 0 Å². The summed E-state index contributed by atoms with van der Waals surface area (Å²) < 4.78 is 6.58. The first-order valence-corrected chi connectivity index (χ1v) is 11.4. The molecule has 0 aliphatic carbocycles. The molecule has 6 heteroatoms. The highest BCUT2D eigenvalue weighted by Crippen LogP contribution is 2.30. The summed E-state index contributed by atoms with van der Waals surface area (Å²) in [4.78, 5) is 19.3. The topological polar surface area (TPSA) is 56.3 Å². The van der Waals surface area contributed by atoms with Gasteiger partial charge in [-0.05, 0) is 37.7 Å². The third-order valence-corrected chi connectivity index (χ3v) is 6.20. The van der Waals surface area contributed by atoms with Gasteiger partial charge >= 0.3 is 0 Å². The zero-order valence-corrected chi connectivity index (χ0v) is 20.0. The number of rotatable bonds is 7. The monoisotopic (exact) mass is 439 g/mol. The predicted octanol–water partition coefficient (Wildman–Crippen LogP) is 3.03. The molecule has 3 rings (SSSR count). The molecule has 0 spiro atoms. The van der Waals surface area contributed by atoms with Crippen molar-refractivity contribution in [3.8, 4) is 5.75 Å². The van der Waals surface area contributed by atoms with Gasteiger partial charge in [-0.25, -0.2) is 0 Å². The molecule has 6 nitrogen and oxygen atoms in total. The number of benzene rings is 2. The third kappa shape index (κ3) is 6.02. The fraction of sp³-hybridized carbons (Fsp3) is 0.500. The summed E-state index contributed by atoms with van der Waals surface area (Å²) in [5.41, 5.74) is 3.18. The van der Waals surface area contributed by atoms with E-state index >= 15 is 0 Å². The van der Waals surface area contributed by atoms with E-state index in [0.717, 1.165) is 30.1 Å². The Morgan fingerprint density at radius 3 is 2.53 bits per heavy atom. The van der Waals surface area contributed by atoms with Crippen molar-refractivity contribution < 1.29 is 14.6 Å². The van der Waals surface area contributed by atoms with E-state index in [4.69, 9.17) is 4.74 Å². The Bertz CT molecular complexity index is 887. The molecule has 174 valence electrons. The maximum absolute atomic E-state index is 13.2. The smallest absolute Gasteiger partial charge is 0.227 e. The van der Waals surface area contributed by atoms with E-state index in [1.54, 1.807) is 0 Å². The fourth-order valence-electron chi connectivity index (χ4n) is 4.18. The van der Waals surface area contributed by atoms with Crippen LogP contribution in [0.5, 0.6) is 5.75 Å². The summed E-state index contributed by atoms with van der Waals surface area (Å²) in [6, 6.07) is 16.2. The van der Waals surface area contributed by atoms with Gasteiger partial charge in [0.1, 0.15) is 11.9 Å². The number of anilines is 1. The molecular weight excluding hydrogens is 402 g/mol. The SMILES string of the molecule is C[C@@H]1CN([C@H](C)CO)C(=O)Cc2cc(N(C)C)ccc2O[C@H]1CN(C)Cc1ccccc1. The normalized spacial score (nSPS) is 20.1. The average molecular weight is 440 g/mol. The molecule has 1 aliphatic heterocycles. The Balaban J connectivity index is 1.89. The minimum atomic E-state index is -0.230. The number of hydrogen-bond acceptors (Lipinski definition) is 5. The Labute approximate surface area is 192 Å². The molecule has 2 aromatic rings. The van der Waals surface area contributed by atoms with Crippen molar-refractivity contribution in [2.45, 2.75) is 39.0 Å². The molecule has 1 heterocycles. The van der Waals surface area contributed by atoms with Crippen molar-refractivity contribution in [2.75, 3.05) is 45.7 Å². The molecule has 0 aromatic heterocycles. The van der Waals surface area contributed by atoms with Crippen LogP contribution in [-0.4, -0.2) is 73.8 Å². The quantitative estimate of drug-likeness (QED) is 0.719. The standard InChI is InChI=1S/C26H37N3O3/c1-19-15-29(20(2)18-30)26(31)14-22-13-23(27(3)4)11-12-24(22)32-25(19)17-28(5)16-21-9-7-6-8-10-21/h6-13,19-20,25,30H,14-18H2,1-5H3/t19-,20-,25+/m1/s1. The minimum absolute atomic E-state index is 0.0254. The molecule has 0 unspecified atom stereocenters. The van der Waals surface area contributed by atoms with Crippen LogP contribution in [0.15, 0.2) is 48.5 Å². The van der Waals surface area contributed by atoms with E-state index in [9.17, 15) is 9.90 Å². The van der Waals surface area contributed by atoms with Gasteiger partial charge in [-0.1, -0.05) is 37.3 Å². The molecule has 32 heavy (non-hydrogen) atoms. The first-order chi connectivity index (χ1) is 15.3. The Morgan fingerprint density at radius 2 is 1.88 bits per heavy atom. The number of likely N-dealkylation sites (N-methyl/N-ethyl adjacent to an activating group) is 1. The number of aliphatic hydroxyl groups is 1. The van der Waals surface area contributed by atoms with Gasteiger partial charge in [-0.3, -0.25) is 9.69 Å². The molecule has 0 fully saturated rings. The highest BCUT2D eigenvalue weighted by molar-refractivity contribution is 5.80. The second-order valence-corrected chi connectivity index (χ2v) is 9.26. The largest absolute Gasteiger partial charge is 0.488 e. The van der Waals surface area contributed by atoms with Crippen molar-refractivity contribution in [3.63, 3.8) is 0 Å². The lowest BCUT2D eigenvalue weighted by Crippen LogP contribution is -2.47. The molecule has 3 atom stereocenters. The first-order valence-electron chi connectivity index (χ1n) is 11.4. The van der Waals surface area contributed by atoms with Gasteiger partial charge in [0.2, 0.25) is 5.91 Å². The number of hydrogen-bond donors (Lipinski definition) is 1. The average Bonchev–Trinajstić information content (AvgIpc) is 2.81. The minimum Gasteiger partial charge on any atom is -0.488 e. The van der Waals surface area contributed by atoms with Crippen LogP contribution in [0, 0.1) is 5.92 Å². The Kier molecular flexibility index (Phi) is 8.15. The van der Waals surface area contributed by atoms with Gasteiger partial charge in [-0.2, -0.15) is 0 Å². The zero-order chi connectivity index (χ0) is 23.3. The molecule has 0 saturated heterocycles. The highest BCUT2D eigenvalue weighted by atomic mass is 16.5. The highest BCUT2D eigenvalue weighted by Gasteiger charge is 2.31. The number of aliphatic hydroxyl groups excluding tert-OH is 1. The van der Waals surface area contributed by atoms with E-state index in [1.165, 1.54) is 5.56 Å². The van der Waals surface area contributed by atoms with Crippen molar-refractivity contribution >= 4 is 11.6 Å². The molecule has 1 aliphatic rings. The molecule has 0 bridgehead atoms. The number of fused-ring (bicyclic) bond motifs is 1. The summed E-state index contributed by atoms with van der Waals surface area (Å²) in [7, 11) is 6.08. The lowest BCUT2D eigenvalue weighted by atomic mass is 10.0. The Hall–Kier alpha value is -2.57. The van der Waals surface area contributed by atoms with Crippen LogP contribution >= 0.6 is 0 Å². The van der Waals surface area contributed by atoms with Crippen LogP contribution in [0.1, 0.15) is 25.0 Å². The number of carbonyl (C=O) groups is 1. The lowest BCUT2D eigenvalue weighted by molar-refractivity contribution is -0.134. The van der Waals surface area contributed by atoms with E-state index < -0.39 is 0 Å². The molecule has 1 N–H and O–H groups in total. The van der Waals surface area contributed by atoms with Crippen LogP contribution < -0.4 is 9.64 Å². The number of amides is 1. The summed E-state index contributed by atoms with van der Waals surface area (Å²) in [5, 5.41) is 9.77. The second kappa shape index (κ2) is 10.8. The van der Waals surface area contributed by atoms with Crippen molar-refractivity contribution in [1.29, 1.82) is 0 Å². The van der Waals surface area contributed by atoms with E-state index in [1.807, 2.05) is 55.1 Å². The molecule has 0 radical (unpaired) electrons. The third-order valence-electron chi connectivity index (χ3n) is 6.20. The van der Waals surface area contributed by atoms with Gasteiger partial charge in [-0.15, -0.1) is 0 Å². The maximum Gasteiger partial charge on any atom is 0.227 e. The van der Waals surface area contributed by atoms with E-state index in [-0.39, 0.29) is 37.0 Å². The molecular formula is C26H37N3O3.